The van der Waals surface area contributed by atoms with Crippen LogP contribution in [0.25, 0.3) is 0 Å². The van der Waals surface area contributed by atoms with Crippen LogP contribution in [-0.4, -0.2) is 43.1 Å². The second-order valence-corrected chi connectivity index (χ2v) is 6.52. The van der Waals surface area contributed by atoms with E-state index < -0.39 is 0 Å². The SMILES string of the molecule is CC1CCCCN1CCCCN=C(N)NCCc1ccccc1. The van der Waals surface area contributed by atoms with Crippen LogP contribution in [0.1, 0.15) is 44.6 Å². The molecule has 0 saturated carbocycles. The van der Waals surface area contributed by atoms with Crippen molar-refractivity contribution in [3.8, 4) is 0 Å². The Bertz CT molecular complexity index is 458. The number of aliphatic imine (C=N–C) groups is 1. The Morgan fingerprint density at radius 2 is 2.09 bits per heavy atom. The van der Waals surface area contributed by atoms with Gasteiger partial charge in [-0.15, -0.1) is 0 Å². The van der Waals surface area contributed by atoms with E-state index >= 15 is 0 Å². The summed E-state index contributed by atoms with van der Waals surface area (Å²) in [5.41, 5.74) is 7.24. The van der Waals surface area contributed by atoms with Crippen LogP contribution in [0.4, 0.5) is 0 Å². The van der Waals surface area contributed by atoms with Gasteiger partial charge >= 0.3 is 0 Å². The maximum Gasteiger partial charge on any atom is 0.188 e. The predicted octanol–water partition coefficient (Wildman–Crippen LogP) is 2.79. The lowest BCUT2D eigenvalue weighted by molar-refractivity contribution is 0.158. The number of hydrogen-bond acceptors (Lipinski definition) is 2. The zero-order chi connectivity index (χ0) is 16.3. The van der Waals surface area contributed by atoms with Crippen LogP contribution in [0.2, 0.25) is 0 Å². The highest BCUT2D eigenvalue weighted by atomic mass is 15.2. The fourth-order valence-electron chi connectivity index (χ4n) is 3.15. The minimum Gasteiger partial charge on any atom is -0.370 e. The molecule has 2 rings (SSSR count). The summed E-state index contributed by atoms with van der Waals surface area (Å²) >= 11 is 0. The van der Waals surface area contributed by atoms with Gasteiger partial charge in [0.2, 0.25) is 0 Å². The van der Waals surface area contributed by atoms with Crippen molar-refractivity contribution in [2.45, 2.75) is 51.5 Å². The van der Waals surface area contributed by atoms with Gasteiger partial charge in [0.25, 0.3) is 0 Å². The minimum absolute atomic E-state index is 0.576. The molecule has 1 unspecified atom stereocenters. The number of unbranched alkanes of at least 4 members (excludes halogenated alkanes) is 1. The molecule has 4 heteroatoms. The molecular weight excluding hydrogens is 284 g/mol. The van der Waals surface area contributed by atoms with Crippen LogP contribution < -0.4 is 11.1 Å². The molecule has 1 atom stereocenters. The average Bonchev–Trinajstić information content (AvgIpc) is 2.57. The van der Waals surface area contributed by atoms with E-state index in [-0.39, 0.29) is 0 Å². The lowest BCUT2D eigenvalue weighted by Crippen LogP contribution is -2.38. The molecule has 1 aromatic rings. The first-order valence-corrected chi connectivity index (χ1v) is 9.07. The first kappa shape index (κ1) is 17.8. The molecule has 0 amide bonds. The van der Waals surface area contributed by atoms with E-state index in [1.54, 1.807) is 0 Å². The van der Waals surface area contributed by atoms with Gasteiger partial charge in [-0.25, -0.2) is 0 Å². The van der Waals surface area contributed by atoms with E-state index in [4.69, 9.17) is 5.73 Å². The lowest BCUT2D eigenvalue weighted by Gasteiger charge is -2.33. The molecule has 0 bridgehead atoms. The summed E-state index contributed by atoms with van der Waals surface area (Å²) in [7, 11) is 0. The Hall–Kier alpha value is -1.55. The van der Waals surface area contributed by atoms with Crippen molar-refractivity contribution in [1.29, 1.82) is 0 Å². The van der Waals surface area contributed by atoms with Crippen LogP contribution in [0.15, 0.2) is 35.3 Å². The number of piperidine rings is 1. The molecule has 1 heterocycles. The highest BCUT2D eigenvalue weighted by Crippen LogP contribution is 2.16. The van der Waals surface area contributed by atoms with E-state index in [9.17, 15) is 0 Å². The largest absolute Gasteiger partial charge is 0.370 e. The monoisotopic (exact) mass is 316 g/mol. The van der Waals surface area contributed by atoms with Crippen molar-refractivity contribution in [3.05, 3.63) is 35.9 Å². The second kappa shape index (κ2) is 10.3. The van der Waals surface area contributed by atoms with Crippen LogP contribution >= 0.6 is 0 Å². The Balaban J connectivity index is 1.52. The Kier molecular flexibility index (Phi) is 7.95. The zero-order valence-corrected chi connectivity index (χ0v) is 14.5. The molecule has 0 aliphatic carbocycles. The van der Waals surface area contributed by atoms with Gasteiger partial charge in [0, 0.05) is 19.1 Å². The molecule has 3 N–H and O–H groups in total. The molecule has 0 aromatic heterocycles. The first-order chi connectivity index (χ1) is 11.3. The van der Waals surface area contributed by atoms with E-state index in [2.05, 4.69) is 46.4 Å². The zero-order valence-electron chi connectivity index (χ0n) is 14.5. The smallest absolute Gasteiger partial charge is 0.188 e. The molecule has 23 heavy (non-hydrogen) atoms. The maximum absolute atomic E-state index is 5.91. The number of hydrogen-bond donors (Lipinski definition) is 2. The lowest BCUT2D eigenvalue weighted by atomic mass is 10.0. The molecule has 0 radical (unpaired) electrons. The summed E-state index contributed by atoms with van der Waals surface area (Å²) < 4.78 is 0. The van der Waals surface area contributed by atoms with E-state index in [1.165, 1.54) is 44.3 Å². The van der Waals surface area contributed by atoms with Gasteiger partial charge in [0.05, 0.1) is 0 Å². The van der Waals surface area contributed by atoms with Gasteiger partial charge in [-0.05, 0) is 57.7 Å². The molecule has 1 aliphatic heterocycles. The van der Waals surface area contributed by atoms with Gasteiger partial charge in [-0.3, -0.25) is 4.99 Å². The third-order valence-corrected chi connectivity index (χ3v) is 4.64. The van der Waals surface area contributed by atoms with Crippen LogP contribution in [-0.2, 0) is 6.42 Å². The van der Waals surface area contributed by atoms with Crippen molar-refractivity contribution in [3.63, 3.8) is 0 Å². The molecule has 4 nitrogen and oxygen atoms in total. The molecule has 0 spiro atoms. The average molecular weight is 316 g/mol. The second-order valence-electron chi connectivity index (χ2n) is 6.52. The summed E-state index contributed by atoms with van der Waals surface area (Å²) in [5, 5.41) is 3.20. The molecule has 1 aliphatic rings. The topological polar surface area (TPSA) is 53.6 Å². The third kappa shape index (κ3) is 7.04. The quantitative estimate of drug-likeness (QED) is 0.440. The summed E-state index contributed by atoms with van der Waals surface area (Å²) in [6.45, 7) is 6.49. The van der Waals surface area contributed by atoms with E-state index in [1.807, 2.05) is 6.07 Å². The number of guanidine groups is 1. The Morgan fingerprint density at radius 3 is 2.87 bits per heavy atom. The highest BCUT2D eigenvalue weighted by molar-refractivity contribution is 5.77. The van der Waals surface area contributed by atoms with Gasteiger partial charge in [0.15, 0.2) is 5.96 Å². The van der Waals surface area contributed by atoms with Crippen molar-refractivity contribution >= 4 is 5.96 Å². The fraction of sp³-hybridized carbons (Fsp3) is 0.632. The molecule has 1 fully saturated rings. The van der Waals surface area contributed by atoms with Crippen molar-refractivity contribution in [1.82, 2.24) is 10.2 Å². The summed E-state index contributed by atoms with van der Waals surface area (Å²) in [4.78, 5) is 7.04. The maximum atomic E-state index is 5.91. The summed E-state index contributed by atoms with van der Waals surface area (Å²) in [6.07, 6.45) is 7.42. The number of nitrogens with two attached hydrogens (primary N) is 1. The number of nitrogens with zero attached hydrogens (tertiary/aromatic N) is 2. The number of benzene rings is 1. The van der Waals surface area contributed by atoms with Crippen LogP contribution in [0.3, 0.4) is 0 Å². The fourth-order valence-corrected chi connectivity index (χ4v) is 3.15. The standard InChI is InChI=1S/C19H32N4/c1-17-9-5-7-15-23(17)16-8-6-13-21-19(20)22-14-12-18-10-3-2-4-11-18/h2-4,10-11,17H,5-9,12-16H2,1H3,(H3,20,21,22). The van der Waals surface area contributed by atoms with Gasteiger partial charge in [0.1, 0.15) is 0 Å². The van der Waals surface area contributed by atoms with Crippen LogP contribution in [0, 0.1) is 0 Å². The van der Waals surface area contributed by atoms with E-state index in [0.717, 1.165) is 32.0 Å². The molecule has 1 aromatic carbocycles. The van der Waals surface area contributed by atoms with Gasteiger partial charge < -0.3 is 16.0 Å². The van der Waals surface area contributed by atoms with Crippen molar-refractivity contribution in [2.24, 2.45) is 10.7 Å². The third-order valence-electron chi connectivity index (χ3n) is 4.64. The number of nitrogens with one attached hydrogen (secondary N) is 1. The van der Waals surface area contributed by atoms with Crippen molar-refractivity contribution < 1.29 is 0 Å². The van der Waals surface area contributed by atoms with E-state index in [0.29, 0.717) is 5.96 Å². The van der Waals surface area contributed by atoms with Gasteiger partial charge in [-0.1, -0.05) is 36.8 Å². The van der Waals surface area contributed by atoms with Crippen molar-refractivity contribution in [2.75, 3.05) is 26.2 Å². The van der Waals surface area contributed by atoms with Gasteiger partial charge in [-0.2, -0.15) is 0 Å². The number of likely N-dealkylation sites (tertiary alicyclic amines) is 1. The molecule has 128 valence electrons. The minimum atomic E-state index is 0.576. The predicted molar refractivity (Wildman–Crippen MR) is 98.8 cm³/mol. The summed E-state index contributed by atoms with van der Waals surface area (Å²) in [5.74, 6) is 0.576. The summed E-state index contributed by atoms with van der Waals surface area (Å²) in [6, 6.07) is 11.2. The number of rotatable bonds is 8. The molecule has 1 saturated heterocycles. The normalized spacial score (nSPS) is 19.7. The Labute approximate surface area is 141 Å². The Morgan fingerprint density at radius 1 is 1.26 bits per heavy atom. The van der Waals surface area contributed by atoms with Crippen LogP contribution in [0.5, 0.6) is 0 Å². The highest BCUT2D eigenvalue weighted by Gasteiger charge is 2.16. The first-order valence-electron chi connectivity index (χ1n) is 9.07. The molecular formula is C19H32N4.